The smallest absolute Gasteiger partial charge is 0.272 e. The van der Waals surface area contributed by atoms with Gasteiger partial charge in [-0.1, -0.05) is 42.5 Å². The fourth-order valence-corrected chi connectivity index (χ4v) is 4.08. The maximum Gasteiger partial charge on any atom is 0.272 e. The number of ketones is 1. The average Bonchev–Trinajstić information content (AvgIpc) is 3.04. The van der Waals surface area contributed by atoms with E-state index in [0.29, 0.717) is 40.5 Å². The minimum atomic E-state index is -0.548. The van der Waals surface area contributed by atoms with Crippen LogP contribution in [0.15, 0.2) is 109 Å². The van der Waals surface area contributed by atoms with Gasteiger partial charge in [0.1, 0.15) is 11.4 Å². The minimum absolute atomic E-state index is 0.0134. The second-order valence-electron chi connectivity index (χ2n) is 9.22. The molecule has 0 aliphatic heterocycles. The van der Waals surface area contributed by atoms with E-state index in [0.717, 1.165) is 11.3 Å². The summed E-state index contributed by atoms with van der Waals surface area (Å²) in [6.07, 6.45) is 4.77. The SMILES string of the molecule is CCOc1ccc(/C=C/C(=O)c2ccc(NC(=O)/C(=C/c3ccc(OC)c(OC)c3)NC(=O)c3ccccc3)cc2)cc1. The first-order chi connectivity index (χ1) is 20.9. The van der Waals surface area contributed by atoms with Crippen molar-refractivity contribution in [2.75, 3.05) is 26.1 Å². The van der Waals surface area contributed by atoms with E-state index < -0.39 is 11.8 Å². The van der Waals surface area contributed by atoms with Crippen LogP contribution in [0.4, 0.5) is 5.69 Å². The van der Waals surface area contributed by atoms with Gasteiger partial charge in [0.2, 0.25) is 0 Å². The Bertz CT molecular complexity index is 1630. The van der Waals surface area contributed by atoms with Gasteiger partial charge < -0.3 is 24.8 Å². The molecular formula is C35H32N2O6. The highest BCUT2D eigenvalue weighted by Gasteiger charge is 2.16. The molecule has 43 heavy (non-hydrogen) atoms. The predicted molar refractivity (Wildman–Crippen MR) is 167 cm³/mol. The van der Waals surface area contributed by atoms with Crippen molar-refractivity contribution >= 4 is 35.4 Å². The number of ether oxygens (including phenoxy) is 3. The van der Waals surface area contributed by atoms with Gasteiger partial charge in [0.15, 0.2) is 17.3 Å². The van der Waals surface area contributed by atoms with Gasteiger partial charge in [-0.15, -0.1) is 0 Å². The van der Waals surface area contributed by atoms with E-state index in [9.17, 15) is 14.4 Å². The fourth-order valence-electron chi connectivity index (χ4n) is 4.08. The summed E-state index contributed by atoms with van der Waals surface area (Å²) in [7, 11) is 3.05. The number of hydrogen-bond donors (Lipinski definition) is 2. The Morgan fingerprint density at radius 1 is 0.744 bits per heavy atom. The van der Waals surface area contributed by atoms with Crippen LogP contribution in [0.3, 0.4) is 0 Å². The van der Waals surface area contributed by atoms with E-state index >= 15 is 0 Å². The third-order valence-corrected chi connectivity index (χ3v) is 6.29. The van der Waals surface area contributed by atoms with Crippen molar-refractivity contribution < 1.29 is 28.6 Å². The van der Waals surface area contributed by atoms with Crippen molar-refractivity contribution in [2.45, 2.75) is 6.92 Å². The number of carbonyl (C=O) groups is 3. The van der Waals surface area contributed by atoms with Gasteiger partial charge in [-0.05, 0) is 90.9 Å². The van der Waals surface area contributed by atoms with Crippen LogP contribution in [0.25, 0.3) is 12.2 Å². The highest BCUT2D eigenvalue weighted by atomic mass is 16.5. The van der Waals surface area contributed by atoms with E-state index in [4.69, 9.17) is 14.2 Å². The van der Waals surface area contributed by atoms with Crippen LogP contribution < -0.4 is 24.8 Å². The number of rotatable bonds is 12. The van der Waals surface area contributed by atoms with Crippen LogP contribution in [0.1, 0.15) is 38.8 Å². The molecule has 0 fully saturated rings. The molecule has 0 radical (unpaired) electrons. The molecular weight excluding hydrogens is 544 g/mol. The summed E-state index contributed by atoms with van der Waals surface area (Å²) >= 11 is 0. The quantitative estimate of drug-likeness (QED) is 0.149. The third kappa shape index (κ3) is 8.43. The lowest BCUT2D eigenvalue weighted by molar-refractivity contribution is -0.113. The van der Waals surface area contributed by atoms with Crippen molar-refractivity contribution in [3.05, 3.63) is 131 Å². The van der Waals surface area contributed by atoms with Crippen molar-refractivity contribution in [3.63, 3.8) is 0 Å². The maximum atomic E-state index is 13.4. The van der Waals surface area contributed by atoms with Crippen LogP contribution in [0.5, 0.6) is 17.2 Å². The largest absolute Gasteiger partial charge is 0.494 e. The molecule has 0 unspecified atom stereocenters. The topological polar surface area (TPSA) is 103 Å². The molecule has 8 heteroatoms. The zero-order valence-electron chi connectivity index (χ0n) is 24.1. The second kappa shape index (κ2) is 14.8. The minimum Gasteiger partial charge on any atom is -0.494 e. The molecule has 2 N–H and O–H groups in total. The van der Waals surface area contributed by atoms with Crippen LogP contribution >= 0.6 is 0 Å². The Hall–Kier alpha value is -5.63. The molecule has 4 aromatic carbocycles. The summed E-state index contributed by atoms with van der Waals surface area (Å²) in [6, 6.07) is 27.7. The van der Waals surface area contributed by atoms with E-state index in [-0.39, 0.29) is 11.5 Å². The second-order valence-corrected chi connectivity index (χ2v) is 9.22. The molecule has 4 aromatic rings. The van der Waals surface area contributed by atoms with E-state index in [1.165, 1.54) is 20.3 Å². The standard InChI is InChI=1S/C35H32N2O6/c1-4-43-29-18-10-24(11-19-29)12-20-31(38)26-14-16-28(17-15-26)36-35(40)30(37-34(39)27-8-6-5-7-9-27)22-25-13-21-32(41-2)33(23-25)42-3/h5-23H,4H2,1-3H3,(H,36,40)(H,37,39)/b20-12+,30-22-. The van der Waals surface area contributed by atoms with Crippen molar-refractivity contribution in [2.24, 2.45) is 0 Å². The average molecular weight is 577 g/mol. The van der Waals surface area contributed by atoms with Gasteiger partial charge >= 0.3 is 0 Å². The molecule has 0 spiro atoms. The molecule has 2 amide bonds. The lowest BCUT2D eigenvalue weighted by Gasteiger charge is -2.13. The molecule has 218 valence electrons. The molecule has 0 heterocycles. The van der Waals surface area contributed by atoms with Crippen LogP contribution in [-0.4, -0.2) is 38.4 Å². The van der Waals surface area contributed by atoms with E-state index in [1.54, 1.807) is 84.9 Å². The highest BCUT2D eigenvalue weighted by Crippen LogP contribution is 2.28. The first-order valence-corrected chi connectivity index (χ1v) is 13.6. The number of allylic oxidation sites excluding steroid dienone is 1. The number of hydrogen-bond acceptors (Lipinski definition) is 6. The van der Waals surface area contributed by atoms with Gasteiger partial charge in [-0.2, -0.15) is 0 Å². The molecule has 0 aliphatic rings. The normalized spacial score (nSPS) is 11.1. The first kappa shape index (κ1) is 30.3. The monoisotopic (exact) mass is 576 g/mol. The molecule has 0 saturated carbocycles. The Morgan fingerprint density at radius 2 is 1.42 bits per heavy atom. The zero-order valence-corrected chi connectivity index (χ0v) is 24.1. The van der Waals surface area contributed by atoms with Crippen LogP contribution in [0.2, 0.25) is 0 Å². The predicted octanol–water partition coefficient (Wildman–Crippen LogP) is 6.41. The Balaban J connectivity index is 1.50. The lowest BCUT2D eigenvalue weighted by Crippen LogP contribution is -2.30. The van der Waals surface area contributed by atoms with Crippen molar-refractivity contribution in [1.29, 1.82) is 0 Å². The molecule has 0 saturated heterocycles. The number of amides is 2. The lowest BCUT2D eigenvalue weighted by atomic mass is 10.1. The van der Waals surface area contributed by atoms with Gasteiger partial charge in [-0.3, -0.25) is 14.4 Å². The maximum absolute atomic E-state index is 13.4. The Morgan fingerprint density at radius 3 is 2.07 bits per heavy atom. The number of nitrogens with one attached hydrogen (secondary N) is 2. The number of benzene rings is 4. The van der Waals surface area contributed by atoms with Crippen molar-refractivity contribution in [3.8, 4) is 17.2 Å². The highest BCUT2D eigenvalue weighted by molar-refractivity contribution is 6.11. The number of methoxy groups -OCH3 is 2. The van der Waals surface area contributed by atoms with Crippen LogP contribution in [-0.2, 0) is 4.79 Å². The summed E-state index contributed by atoms with van der Waals surface area (Å²) in [5.74, 6) is 0.599. The summed E-state index contributed by atoms with van der Waals surface area (Å²) in [4.78, 5) is 39.0. The van der Waals surface area contributed by atoms with Crippen LogP contribution in [0, 0.1) is 0 Å². The molecule has 0 atom stereocenters. The molecule has 0 aromatic heterocycles. The summed E-state index contributed by atoms with van der Waals surface area (Å²) in [5.41, 5.74) is 2.79. The molecule has 4 rings (SSSR count). The number of anilines is 1. The van der Waals surface area contributed by atoms with E-state index in [2.05, 4.69) is 10.6 Å². The Labute approximate surface area is 250 Å². The van der Waals surface area contributed by atoms with Gasteiger partial charge in [-0.25, -0.2) is 0 Å². The summed E-state index contributed by atoms with van der Waals surface area (Å²) < 4.78 is 16.1. The Kier molecular flexibility index (Phi) is 10.5. The molecule has 0 bridgehead atoms. The third-order valence-electron chi connectivity index (χ3n) is 6.29. The van der Waals surface area contributed by atoms with Gasteiger partial charge in [0, 0.05) is 16.8 Å². The molecule has 8 nitrogen and oxygen atoms in total. The molecule has 0 aliphatic carbocycles. The van der Waals surface area contributed by atoms with Gasteiger partial charge in [0.25, 0.3) is 11.8 Å². The van der Waals surface area contributed by atoms with E-state index in [1.807, 2.05) is 31.2 Å². The fraction of sp³-hybridized carbons (Fsp3) is 0.114. The summed E-state index contributed by atoms with van der Waals surface area (Å²) in [5, 5.41) is 5.50. The van der Waals surface area contributed by atoms with Gasteiger partial charge in [0.05, 0.1) is 20.8 Å². The number of carbonyl (C=O) groups excluding carboxylic acids is 3. The first-order valence-electron chi connectivity index (χ1n) is 13.6. The van der Waals surface area contributed by atoms with Crippen molar-refractivity contribution in [1.82, 2.24) is 5.32 Å². The summed E-state index contributed by atoms with van der Waals surface area (Å²) in [6.45, 7) is 2.50. The zero-order chi connectivity index (χ0) is 30.6.